The van der Waals surface area contributed by atoms with Crippen molar-refractivity contribution in [2.24, 2.45) is 0 Å². The highest BCUT2D eigenvalue weighted by molar-refractivity contribution is 5.76. The quantitative estimate of drug-likeness (QED) is 0.0320. The number of nitrogens with one attached hydrogen (secondary N) is 1. The molecule has 3 N–H and O–H groups in total. The van der Waals surface area contributed by atoms with E-state index in [1.165, 1.54) is 405 Å². The van der Waals surface area contributed by atoms with Crippen LogP contribution in [0.25, 0.3) is 0 Å². The Morgan fingerprint density at radius 2 is 0.543 bits per heavy atom. The maximum atomic E-state index is 12.6. The highest BCUT2D eigenvalue weighted by atomic mass is 16.5. The Morgan fingerprint density at radius 3 is 0.837 bits per heavy atom. The summed E-state index contributed by atoms with van der Waals surface area (Å²) in [5.41, 5.74) is 0. The molecule has 0 fully saturated rings. The molecule has 0 aliphatic heterocycles. The average molecular weight is 1300 g/mol. The maximum absolute atomic E-state index is 12.6. The molecule has 0 rings (SSSR count). The van der Waals surface area contributed by atoms with E-state index in [9.17, 15) is 19.8 Å². The number of amides is 1. The monoisotopic (exact) mass is 1290 g/mol. The maximum Gasteiger partial charge on any atom is 0.305 e. The highest BCUT2D eigenvalue weighted by Crippen LogP contribution is 2.21. The normalized spacial score (nSPS) is 12.5. The average Bonchev–Trinajstić information content (AvgIpc) is 3.77. The van der Waals surface area contributed by atoms with Gasteiger partial charge in [-0.1, -0.05) is 443 Å². The van der Waals surface area contributed by atoms with Crippen LogP contribution < -0.4 is 5.32 Å². The van der Waals surface area contributed by atoms with E-state index in [-0.39, 0.29) is 18.5 Å². The second-order valence-corrected chi connectivity index (χ2v) is 29.5. The number of aliphatic hydroxyl groups excluding tert-OH is 2. The molecule has 6 heteroatoms. The van der Waals surface area contributed by atoms with Gasteiger partial charge in [0, 0.05) is 12.8 Å². The number of carbonyl (C=O) groups excluding carboxylic acids is 2. The van der Waals surface area contributed by atoms with Gasteiger partial charge in [0.15, 0.2) is 0 Å². The summed E-state index contributed by atoms with van der Waals surface area (Å²) in [5.74, 6) is -0.00833. The number of hydrogen-bond donors (Lipinski definition) is 3. The smallest absolute Gasteiger partial charge is 0.305 e. The molecule has 1 amide bonds. The van der Waals surface area contributed by atoms with Gasteiger partial charge >= 0.3 is 5.97 Å². The Morgan fingerprint density at radius 1 is 0.304 bits per heavy atom. The van der Waals surface area contributed by atoms with Crippen molar-refractivity contribution in [2.45, 2.75) is 501 Å². The minimum absolute atomic E-state index is 0.0156. The number of ether oxygens (including phenoxy) is 1. The summed E-state index contributed by atoms with van der Waals surface area (Å²) >= 11 is 0. The zero-order valence-corrected chi connectivity index (χ0v) is 62.8. The van der Waals surface area contributed by atoms with Crippen molar-refractivity contribution in [2.75, 3.05) is 13.2 Å². The molecule has 0 aromatic carbocycles. The predicted octanol–water partition coefficient (Wildman–Crippen LogP) is 28.4. The van der Waals surface area contributed by atoms with Crippen molar-refractivity contribution in [1.29, 1.82) is 0 Å². The van der Waals surface area contributed by atoms with Gasteiger partial charge in [0.2, 0.25) is 5.91 Å². The predicted molar refractivity (Wildman–Crippen MR) is 407 cm³/mol. The number of rotatable bonds is 81. The van der Waals surface area contributed by atoms with Crippen molar-refractivity contribution in [1.82, 2.24) is 5.32 Å². The SMILES string of the molecule is CCCCCC/C=C\C/C=C\CCCCCCCCCC(=O)OCCCCCCCCCCCCCCCCCCCCCCCCCCCCCCCCCCCC(=O)NC(CO)C(O)CCCCCCCCCCCCCCCCCCCCCCCCCC. The Hall–Kier alpha value is -1.66. The molecule has 0 aromatic heterocycles. The molecule has 0 aliphatic carbocycles. The van der Waals surface area contributed by atoms with Crippen LogP contribution in [-0.4, -0.2) is 47.4 Å². The molecule has 92 heavy (non-hydrogen) atoms. The topological polar surface area (TPSA) is 95.9 Å². The van der Waals surface area contributed by atoms with Crippen LogP contribution in [-0.2, 0) is 14.3 Å². The lowest BCUT2D eigenvalue weighted by molar-refractivity contribution is -0.143. The summed E-state index contributed by atoms with van der Waals surface area (Å²) in [6.07, 6.45) is 106. The van der Waals surface area contributed by atoms with E-state index in [0.717, 1.165) is 51.4 Å². The number of aliphatic hydroxyl groups is 2. The second-order valence-electron chi connectivity index (χ2n) is 29.5. The van der Waals surface area contributed by atoms with E-state index in [2.05, 4.69) is 43.5 Å². The third kappa shape index (κ3) is 77.3. The van der Waals surface area contributed by atoms with Crippen LogP contribution in [0.4, 0.5) is 0 Å². The molecule has 0 bridgehead atoms. The van der Waals surface area contributed by atoms with E-state index in [4.69, 9.17) is 4.74 Å². The first-order chi connectivity index (χ1) is 45.5. The van der Waals surface area contributed by atoms with Gasteiger partial charge in [-0.25, -0.2) is 0 Å². The summed E-state index contributed by atoms with van der Waals surface area (Å²) in [6, 6.07) is -0.539. The minimum atomic E-state index is -0.662. The van der Waals surface area contributed by atoms with Crippen LogP contribution >= 0.6 is 0 Å². The molecule has 0 aromatic rings. The molecule has 2 unspecified atom stereocenters. The molecule has 6 nitrogen and oxygen atoms in total. The summed E-state index contributed by atoms with van der Waals surface area (Å²) in [5, 5.41) is 23.5. The molecule has 0 saturated carbocycles. The molecule has 0 spiro atoms. The third-order valence-electron chi connectivity index (χ3n) is 20.3. The van der Waals surface area contributed by atoms with Gasteiger partial charge in [0.25, 0.3) is 0 Å². The van der Waals surface area contributed by atoms with Gasteiger partial charge in [-0.2, -0.15) is 0 Å². The largest absolute Gasteiger partial charge is 0.466 e. The van der Waals surface area contributed by atoms with Crippen LogP contribution in [0.15, 0.2) is 24.3 Å². The van der Waals surface area contributed by atoms with Crippen molar-refractivity contribution in [3.63, 3.8) is 0 Å². The lowest BCUT2D eigenvalue weighted by Gasteiger charge is -2.22. The van der Waals surface area contributed by atoms with E-state index < -0.39 is 12.1 Å². The fourth-order valence-electron chi connectivity index (χ4n) is 13.8. The molecule has 0 heterocycles. The zero-order valence-electron chi connectivity index (χ0n) is 62.8. The number of hydrogen-bond acceptors (Lipinski definition) is 5. The van der Waals surface area contributed by atoms with Crippen molar-refractivity contribution >= 4 is 11.9 Å². The van der Waals surface area contributed by atoms with Crippen LogP contribution in [0.5, 0.6) is 0 Å². The summed E-state index contributed by atoms with van der Waals surface area (Å²) in [7, 11) is 0. The highest BCUT2D eigenvalue weighted by Gasteiger charge is 2.20. The Kier molecular flexibility index (Phi) is 80.3. The molecule has 0 saturated heterocycles. The molecule has 0 radical (unpaired) electrons. The van der Waals surface area contributed by atoms with E-state index in [1.807, 2.05) is 0 Å². The van der Waals surface area contributed by atoms with Crippen LogP contribution in [0, 0.1) is 0 Å². The van der Waals surface area contributed by atoms with Gasteiger partial charge in [-0.3, -0.25) is 9.59 Å². The van der Waals surface area contributed by atoms with Gasteiger partial charge in [-0.05, 0) is 57.8 Å². The fraction of sp³-hybridized carbons (Fsp3) is 0.930. The molecular weight excluding hydrogens is 1130 g/mol. The summed E-state index contributed by atoms with van der Waals surface area (Å²) in [6.45, 7) is 4.99. The van der Waals surface area contributed by atoms with Crippen molar-refractivity contribution in [3.05, 3.63) is 24.3 Å². The van der Waals surface area contributed by atoms with E-state index in [0.29, 0.717) is 25.9 Å². The van der Waals surface area contributed by atoms with Crippen LogP contribution in [0.1, 0.15) is 489 Å². The Labute approximate surface area is 577 Å². The molecule has 546 valence electrons. The third-order valence-corrected chi connectivity index (χ3v) is 20.3. The Bertz CT molecular complexity index is 1450. The summed E-state index contributed by atoms with van der Waals surface area (Å²) < 4.78 is 5.51. The zero-order chi connectivity index (χ0) is 66.3. The lowest BCUT2D eigenvalue weighted by Crippen LogP contribution is -2.45. The van der Waals surface area contributed by atoms with Gasteiger partial charge in [-0.15, -0.1) is 0 Å². The van der Waals surface area contributed by atoms with E-state index >= 15 is 0 Å². The number of esters is 1. The molecule has 0 aliphatic rings. The molecule has 2 atom stereocenters. The first kappa shape index (κ1) is 90.3. The molecular formula is C86H167NO5. The van der Waals surface area contributed by atoms with E-state index in [1.54, 1.807) is 0 Å². The van der Waals surface area contributed by atoms with Crippen molar-refractivity contribution in [3.8, 4) is 0 Å². The van der Waals surface area contributed by atoms with Gasteiger partial charge in [0.05, 0.1) is 25.4 Å². The first-order valence-electron chi connectivity index (χ1n) is 42.6. The Balaban J connectivity index is 3.32. The lowest BCUT2D eigenvalue weighted by atomic mass is 10.0. The van der Waals surface area contributed by atoms with Crippen LogP contribution in [0.3, 0.4) is 0 Å². The van der Waals surface area contributed by atoms with Crippen molar-refractivity contribution < 1.29 is 24.5 Å². The summed E-state index contributed by atoms with van der Waals surface area (Å²) in [4.78, 5) is 24.7. The second kappa shape index (κ2) is 81.8. The van der Waals surface area contributed by atoms with Crippen LogP contribution in [0.2, 0.25) is 0 Å². The first-order valence-corrected chi connectivity index (χ1v) is 42.6. The van der Waals surface area contributed by atoms with Gasteiger partial charge in [0.1, 0.15) is 0 Å². The fourth-order valence-corrected chi connectivity index (χ4v) is 13.8. The number of unbranched alkanes of at least 4 members (excludes halogenated alkanes) is 66. The number of allylic oxidation sites excluding steroid dienone is 4. The minimum Gasteiger partial charge on any atom is -0.466 e. The van der Waals surface area contributed by atoms with Gasteiger partial charge < -0.3 is 20.3 Å². The standard InChI is InChI=1S/C86H167NO5/c1-3-5-7-9-11-13-15-17-19-21-23-24-25-37-40-43-46-50-54-58-62-66-70-74-78-84(89)83(82-88)87-85(90)79-75-71-67-63-59-55-51-47-44-41-38-35-33-31-29-27-26-28-30-32-34-36-39-42-45-49-53-57-61-65-69-73-77-81-92-86(91)80-76-72-68-64-60-56-52-48-22-20-18-16-14-12-10-8-6-4-2/h14,16,20,22,83-84,88-89H,3-13,15,17-19,21,23-82H2,1-2H3,(H,87,90)/b16-14-,22-20-. The number of carbonyl (C=O) groups is 2.